The first-order chi connectivity index (χ1) is 9.65. The van der Waals surface area contributed by atoms with Gasteiger partial charge in [0.15, 0.2) is 5.13 Å². The zero-order valence-electron chi connectivity index (χ0n) is 11.1. The molecule has 2 aromatic rings. The van der Waals surface area contributed by atoms with Crippen LogP contribution in [0.25, 0.3) is 0 Å². The SMILES string of the molecule is CN(Cc1cscn1)c1nc2c(s1)CCCC2C(=O)O. The number of anilines is 1. The van der Waals surface area contributed by atoms with Gasteiger partial charge in [-0.05, 0) is 19.3 Å². The lowest BCUT2D eigenvalue weighted by Gasteiger charge is -2.16. The summed E-state index contributed by atoms with van der Waals surface area (Å²) in [7, 11) is 1.97. The molecule has 1 atom stereocenters. The van der Waals surface area contributed by atoms with Gasteiger partial charge in [0, 0.05) is 17.3 Å². The van der Waals surface area contributed by atoms with Gasteiger partial charge in [-0.15, -0.1) is 22.7 Å². The number of aromatic nitrogens is 2. The number of rotatable bonds is 4. The smallest absolute Gasteiger partial charge is 0.312 e. The number of hydrogen-bond donors (Lipinski definition) is 1. The molecule has 5 nitrogen and oxygen atoms in total. The molecule has 2 aromatic heterocycles. The summed E-state index contributed by atoms with van der Waals surface area (Å²) in [5.41, 5.74) is 3.60. The van der Waals surface area contributed by atoms with E-state index in [4.69, 9.17) is 0 Å². The number of thiazole rings is 2. The Morgan fingerprint density at radius 2 is 2.45 bits per heavy atom. The zero-order valence-corrected chi connectivity index (χ0v) is 12.7. The molecular weight excluding hydrogens is 294 g/mol. The Kier molecular flexibility index (Phi) is 3.71. The largest absolute Gasteiger partial charge is 0.481 e. The minimum absolute atomic E-state index is 0.434. The number of carboxylic acids is 1. The Morgan fingerprint density at radius 1 is 1.60 bits per heavy atom. The van der Waals surface area contributed by atoms with Crippen molar-refractivity contribution in [2.24, 2.45) is 0 Å². The van der Waals surface area contributed by atoms with Gasteiger partial charge in [-0.3, -0.25) is 4.79 Å². The standard InChI is InChI=1S/C13H15N3O2S2/c1-16(5-8-6-19-7-14-8)13-15-11-9(12(17)18)3-2-4-10(11)20-13/h6-7,9H,2-5H2,1H3,(H,17,18). The van der Waals surface area contributed by atoms with Crippen LogP contribution in [0.1, 0.15) is 35.0 Å². The highest BCUT2D eigenvalue weighted by Crippen LogP contribution is 2.38. The molecule has 20 heavy (non-hydrogen) atoms. The van der Waals surface area contributed by atoms with Crippen LogP contribution in [0, 0.1) is 0 Å². The Morgan fingerprint density at radius 3 is 3.15 bits per heavy atom. The van der Waals surface area contributed by atoms with Crippen molar-refractivity contribution >= 4 is 33.8 Å². The minimum atomic E-state index is -0.759. The maximum atomic E-state index is 11.3. The second-order valence-corrected chi connectivity index (χ2v) is 6.70. The van der Waals surface area contributed by atoms with E-state index in [1.807, 2.05) is 22.8 Å². The summed E-state index contributed by atoms with van der Waals surface area (Å²) < 4.78 is 0. The molecular formula is C13H15N3O2S2. The molecule has 106 valence electrons. The second kappa shape index (κ2) is 5.49. The number of nitrogens with zero attached hydrogens (tertiary/aromatic N) is 3. The Bertz CT molecular complexity index is 609. The van der Waals surface area contributed by atoms with Crippen LogP contribution >= 0.6 is 22.7 Å². The molecule has 0 aromatic carbocycles. The van der Waals surface area contributed by atoms with Gasteiger partial charge < -0.3 is 10.0 Å². The highest BCUT2D eigenvalue weighted by Gasteiger charge is 2.30. The van der Waals surface area contributed by atoms with Crippen molar-refractivity contribution in [1.29, 1.82) is 0 Å². The molecule has 1 aliphatic carbocycles. The Labute approximate surface area is 124 Å². The number of hydrogen-bond acceptors (Lipinski definition) is 6. The van der Waals surface area contributed by atoms with Gasteiger partial charge in [0.25, 0.3) is 0 Å². The van der Waals surface area contributed by atoms with Crippen molar-refractivity contribution in [2.45, 2.75) is 31.7 Å². The number of aryl methyl sites for hydroxylation is 1. The van der Waals surface area contributed by atoms with Crippen molar-refractivity contribution in [3.05, 3.63) is 27.2 Å². The molecule has 3 rings (SSSR count). The second-order valence-electron chi connectivity index (χ2n) is 4.92. The maximum absolute atomic E-state index is 11.3. The molecule has 0 fully saturated rings. The monoisotopic (exact) mass is 309 g/mol. The van der Waals surface area contributed by atoms with E-state index in [2.05, 4.69) is 9.97 Å². The topological polar surface area (TPSA) is 66.3 Å². The van der Waals surface area contributed by atoms with Gasteiger partial charge in [0.1, 0.15) is 5.92 Å². The molecule has 1 N–H and O–H groups in total. The summed E-state index contributed by atoms with van der Waals surface area (Å²) in [6, 6.07) is 0. The molecule has 0 saturated carbocycles. The van der Waals surface area contributed by atoms with Crippen LogP contribution in [0.3, 0.4) is 0 Å². The fourth-order valence-electron chi connectivity index (χ4n) is 2.44. The van der Waals surface area contributed by atoms with Gasteiger partial charge in [-0.1, -0.05) is 0 Å². The quantitative estimate of drug-likeness (QED) is 0.940. The molecule has 0 bridgehead atoms. The van der Waals surface area contributed by atoms with E-state index in [1.165, 1.54) is 0 Å². The van der Waals surface area contributed by atoms with Gasteiger partial charge in [0.2, 0.25) is 0 Å². The van der Waals surface area contributed by atoms with Crippen LogP contribution in [-0.4, -0.2) is 28.1 Å². The number of carboxylic acid groups (broad SMARTS) is 1. The summed E-state index contributed by atoms with van der Waals surface area (Å²) in [5, 5.41) is 12.2. The van der Waals surface area contributed by atoms with Crippen LogP contribution in [0.5, 0.6) is 0 Å². The van der Waals surface area contributed by atoms with E-state index >= 15 is 0 Å². The number of fused-ring (bicyclic) bond motifs is 1. The van der Waals surface area contributed by atoms with Gasteiger partial charge in [0.05, 0.1) is 23.4 Å². The molecule has 0 amide bonds. The van der Waals surface area contributed by atoms with Crippen molar-refractivity contribution in [3.63, 3.8) is 0 Å². The van der Waals surface area contributed by atoms with E-state index in [-0.39, 0.29) is 0 Å². The summed E-state index contributed by atoms with van der Waals surface area (Å²) in [4.78, 5) is 23.3. The van der Waals surface area contributed by atoms with Crippen LogP contribution in [-0.2, 0) is 17.8 Å². The molecule has 0 radical (unpaired) electrons. The predicted octanol–water partition coefficient (Wildman–Crippen LogP) is 2.74. The number of carbonyl (C=O) groups is 1. The average Bonchev–Trinajstić information content (AvgIpc) is 3.05. The first kappa shape index (κ1) is 13.5. The van der Waals surface area contributed by atoms with Crippen LogP contribution in [0.15, 0.2) is 10.9 Å². The molecule has 1 unspecified atom stereocenters. The molecule has 1 aliphatic rings. The first-order valence-corrected chi connectivity index (χ1v) is 8.21. The Balaban J connectivity index is 1.83. The summed E-state index contributed by atoms with van der Waals surface area (Å²) in [6.07, 6.45) is 2.57. The fraction of sp³-hybridized carbons (Fsp3) is 0.462. The fourth-order valence-corrected chi connectivity index (χ4v) is 4.11. The lowest BCUT2D eigenvalue weighted by Crippen LogP contribution is -2.18. The van der Waals surface area contributed by atoms with Crippen LogP contribution in [0.4, 0.5) is 5.13 Å². The van der Waals surface area contributed by atoms with Gasteiger partial charge >= 0.3 is 5.97 Å². The Hall–Kier alpha value is -1.47. The molecule has 0 spiro atoms. The molecule has 7 heteroatoms. The van der Waals surface area contributed by atoms with E-state index in [0.717, 1.165) is 34.2 Å². The maximum Gasteiger partial charge on any atom is 0.312 e. The highest BCUT2D eigenvalue weighted by molar-refractivity contribution is 7.15. The summed E-state index contributed by atoms with van der Waals surface area (Å²) >= 11 is 3.19. The summed E-state index contributed by atoms with van der Waals surface area (Å²) in [5.74, 6) is -1.19. The van der Waals surface area contributed by atoms with E-state index in [9.17, 15) is 9.90 Å². The lowest BCUT2D eigenvalue weighted by molar-refractivity contribution is -0.139. The molecule has 0 saturated heterocycles. The number of aliphatic carboxylic acids is 1. The highest BCUT2D eigenvalue weighted by atomic mass is 32.1. The molecule has 0 aliphatic heterocycles. The minimum Gasteiger partial charge on any atom is -0.481 e. The van der Waals surface area contributed by atoms with Gasteiger partial charge in [-0.25, -0.2) is 9.97 Å². The third-order valence-electron chi connectivity index (χ3n) is 3.45. The van der Waals surface area contributed by atoms with E-state index in [0.29, 0.717) is 13.0 Å². The van der Waals surface area contributed by atoms with E-state index < -0.39 is 11.9 Å². The average molecular weight is 309 g/mol. The van der Waals surface area contributed by atoms with E-state index in [1.54, 1.807) is 22.7 Å². The first-order valence-electron chi connectivity index (χ1n) is 6.45. The van der Waals surface area contributed by atoms with Crippen molar-refractivity contribution < 1.29 is 9.90 Å². The van der Waals surface area contributed by atoms with Crippen LogP contribution in [0.2, 0.25) is 0 Å². The third kappa shape index (κ3) is 2.55. The normalized spacial score (nSPS) is 17.8. The zero-order chi connectivity index (χ0) is 14.1. The third-order valence-corrected chi connectivity index (χ3v) is 5.33. The molecule has 2 heterocycles. The lowest BCUT2D eigenvalue weighted by atomic mass is 9.91. The van der Waals surface area contributed by atoms with Gasteiger partial charge in [-0.2, -0.15) is 0 Å². The predicted molar refractivity (Wildman–Crippen MR) is 79.6 cm³/mol. The van der Waals surface area contributed by atoms with Crippen molar-refractivity contribution in [3.8, 4) is 0 Å². The summed E-state index contributed by atoms with van der Waals surface area (Å²) in [6.45, 7) is 0.702. The van der Waals surface area contributed by atoms with Crippen molar-refractivity contribution in [2.75, 3.05) is 11.9 Å². The van der Waals surface area contributed by atoms with Crippen molar-refractivity contribution in [1.82, 2.24) is 9.97 Å². The van der Waals surface area contributed by atoms with Crippen LogP contribution < -0.4 is 4.90 Å².